The topological polar surface area (TPSA) is 55.5 Å². The number of nitrogens with zero attached hydrogens (tertiary/aromatic N) is 5. The van der Waals surface area contributed by atoms with Gasteiger partial charge >= 0.3 is 0 Å². The van der Waals surface area contributed by atoms with E-state index >= 15 is 0 Å². The van der Waals surface area contributed by atoms with Gasteiger partial charge in [0.2, 0.25) is 10.1 Å². The van der Waals surface area contributed by atoms with Crippen LogP contribution in [0.25, 0.3) is 16.2 Å². The molecule has 29 heavy (non-hydrogen) atoms. The summed E-state index contributed by atoms with van der Waals surface area (Å²) in [5.74, 6) is 0. The Hall–Kier alpha value is -2.48. The van der Waals surface area contributed by atoms with E-state index in [1.807, 2.05) is 47.2 Å². The maximum Gasteiger partial charge on any atom is 0.214 e. The lowest BCUT2D eigenvalue weighted by atomic mass is 10.2. The first-order valence-electron chi connectivity index (χ1n) is 9.62. The Labute approximate surface area is 177 Å². The Bertz CT molecular complexity index is 1060. The van der Waals surface area contributed by atoms with Crippen LogP contribution in [-0.2, 0) is 11.3 Å². The first-order chi connectivity index (χ1) is 14.2. The molecule has 1 saturated heterocycles. The number of fused-ring (bicyclic) bond motifs is 1. The van der Waals surface area contributed by atoms with Gasteiger partial charge in [-0.15, -0.1) is 5.10 Å². The third kappa shape index (κ3) is 4.12. The van der Waals surface area contributed by atoms with Crippen molar-refractivity contribution in [2.75, 3.05) is 18.1 Å². The zero-order valence-electron chi connectivity index (χ0n) is 15.7. The number of halogens is 1. The van der Waals surface area contributed by atoms with Crippen molar-refractivity contribution in [1.29, 1.82) is 0 Å². The van der Waals surface area contributed by atoms with Gasteiger partial charge in [-0.25, -0.2) is 9.50 Å². The van der Waals surface area contributed by atoms with E-state index in [1.165, 1.54) is 0 Å². The van der Waals surface area contributed by atoms with Gasteiger partial charge < -0.3 is 9.64 Å². The zero-order chi connectivity index (χ0) is 19.6. The summed E-state index contributed by atoms with van der Waals surface area (Å²) in [6.07, 6.45) is 8.12. The van der Waals surface area contributed by atoms with E-state index in [1.54, 1.807) is 17.5 Å². The Morgan fingerprint density at radius 2 is 2.14 bits per heavy atom. The number of hydrogen-bond acceptors (Lipinski definition) is 6. The molecule has 0 N–H and O–H groups in total. The summed E-state index contributed by atoms with van der Waals surface area (Å²) in [6.45, 7) is 2.40. The Morgan fingerprint density at radius 3 is 2.86 bits per heavy atom. The second-order valence-electron chi connectivity index (χ2n) is 7.12. The Kier molecular flexibility index (Phi) is 5.18. The predicted molar refractivity (Wildman–Crippen MR) is 116 cm³/mol. The average Bonchev–Trinajstić information content (AvgIpc) is 3.45. The summed E-state index contributed by atoms with van der Waals surface area (Å²) in [4.78, 5) is 12.1. The number of benzene rings is 1. The molecule has 1 fully saturated rings. The Balaban J connectivity index is 1.43. The third-order valence-electron chi connectivity index (χ3n) is 4.99. The fourth-order valence-electron chi connectivity index (χ4n) is 3.53. The van der Waals surface area contributed by atoms with E-state index in [4.69, 9.17) is 26.4 Å². The van der Waals surface area contributed by atoms with Gasteiger partial charge in [0, 0.05) is 42.7 Å². The second kappa shape index (κ2) is 8.10. The molecule has 5 rings (SSSR count). The zero-order valence-corrected chi connectivity index (χ0v) is 17.3. The quantitative estimate of drug-likeness (QED) is 0.448. The van der Waals surface area contributed by atoms with Gasteiger partial charge in [-0.2, -0.15) is 0 Å². The number of anilines is 1. The van der Waals surface area contributed by atoms with Crippen LogP contribution in [0, 0.1) is 0 Å². The molecular weight excluding hydrogens is 406 g/mol. The summed E-state index contributed by atoms with van der Waals surface area (Å²) < 4.78 is 7.73. The van der Waals surface area contributed by atoms with Gasteiger partial charge in [0.05, 0.1) is 18.0 Å². The maximum absolute atomic E-state index is 5.99. The number of rotatable bonds is 6. The van der Waals surface area contributed by atoms with Crippen molar-refractivity contribution in [1.82, 2.24) is 19.6 Å². The molecule has 0 radical (unpaired) electrons. The van der Waals surface area contributed by atoms with Gasteiger partial charge in [-0.05, 0) is 36.6 Å². The van der Waals surface area contributed by atoms with Crippen LogP contribution in [0.1, 0.15) is 18.4 Å². The highest BCUT2D eigenvalue weighted by molar-refractivity contribution is 7.20. The number of imidazole rings is 1. The molecular formula is C21H20ClN5OS. The third-order valence-corrected chi connectivity index (χ3v) is 6.22. The van der Waals surface area contributed by atoms with Gasteiger partial charge in [-0.1, -0.05) is 41.1 Å². The van der Waals surface area contributed by atoms with E-state index in [9.17, 15) is 0 Å². The van der Waals surface area contributed by atoms with E-state index in [2.05, 4.69) is 16.0 Å². The van der Waals surface area contributed by atoms with Crippen molar-refractivity contribution in [3.8, 4) is 11.3 Å². The van der Waals surface area contributed by atoms with Crippen LogP contribution < -0.4 is 4.90 Å². The molecule has 3 aromatic heterocycles. The number of hydrogen-bond donors (Lipinski definition) is 0. The molecule has 0 aliphatic carbocycles. The highest BCUT2D eigenvalue weighted by Crippen LogP contribution is 2.29. The van der Waals surface area contributed by atoms with E-state index in [0.29, 0.717) is 0 Å². The van der Waals surface area contributed by atoms with Crippen LogP contribution in [0.4, 0.5) is 5.13 Å². The number of ether oxygens (including phenoxy) is 1. The minimum absolute atomic E-state index is 0.243. The van der Waals surface area contributed by atoms with Crippen LogP contribution >= 0.6 is 22.9 Å². The summed E-state index contributed by atoms with van der Waals surface area (Å²) in [6, 6.07) is 11.8. The molecule has 0 saturated carbocycles. The van der Waals surface area contributed by atoms with Crippen molar-refractivity contribution >= 4 is 33.0 Å². The second-order valence-corrected chi connectivity index (χ2v) is 8.49. The molecule has 4 aromatic rings. The fourth-order valence-corrected chi connectivity index (χ4v) is 4.55. The average molecular weight is 426 g/mol. The molecule has 1 unspecified atom stereocenters. The maximum atomic E-state index is 5.99. The highest BCUT2D eigenvalue weighted by Gasteiger charge is 2.22. The normalized spacial score (nSPS) is 16.5. The summed E-state index contributed by atoms with van der Waals surface area (Å²) >= 11 is 7.58. The van der Waals surface area contributed by atoms with E-state index in [0.717, 1.165) is 64.5 Å². The standard InChI is InChI=1S/C21H20ClN5OS/c22-17-7-5-16(6-8-17)19-14-27-20(24-19)29-21(25-27)26(13-18-4-2-10-28-18)12-15-3-1-9-23-11-15/h1,3,5-9,11,14,18H,2,4,10,12-13H2. The lowest BCUT2D eigenvalue weighted by molar-refractivity contribution is 0.115. The van der Waals surface area contributed by atoms with Crippen LogP contribution in [-0.4, -0.2) is 38.8 Å². The first kappa shape index (κ1) is 18.5. The van der Waals surface area contributed by atoms with Crippen molar-refractivity contribution in [3.05, 3.63) is 65.6 Å². The molecule has 148 valence electrons. The van der Waals surface area contributed by atoms with Gasteiger partial charge in [0.1, 0.15) is 0 Å². The number of aromatic nitrogens is 4. The van der Waals surface area contributed by atoms with Gasteiger partial charge in [-0.3, -0.25) is 4.98 Å². The molecule has 0 amide bonds. The fraction of sp³-hybridized carbons (Fsp3) is 0.286. The minimum atomic E-state index is 0.243. The molecule has 1 aliphatic heterocycles. The van der Waals surface area contributed by atoms with Crippen molar-refractivity contribution < 1.29 is 4.74 Å². The van der Waals surface area contributed by atoms with Gasteiger partial charge in [0.15, 0.2) is 0 Å². The van der Waals surface area contributed by atoms with Crippen molar-refractivity contribution in [3.63, 3.8) is 0 Å². The number of pyridine rings is 1. The summed E-state index contributed by atoms with van der Waals surface area (Å²) in [5, 5.41) is 6.47. The minimum Gasteiger partial charge on any atom is -0.376 e. The molecule has 4 heterocycles. The smallest absolute Gasteiger partial charge is 0.214 e. The SMILES string of the molecule is Clc1ccc(-c2cn3nc(N(Cc4cccnc4)CC4CCCO4)sc3n2)cc1. The first-order valence-corrected chi connectivity index (χ1v) is 10.8. The predicted octanol–water partition coefficient (Wildman–Crippen LogP) is 4.69. The monoisotopic (exact) mass is 425 g/mol. The van der Waals surface area contributed by atoms with Gasteiger partial charge in [0.25, 0.3) is 0 Å². The molecule has 1 aromatic carbocycles. The summed E-state index contributed by atoms with van der Waals surface area (Å²) in [7, 11) is 0. The molecule has 0 bridgehead atoms. The van der Waals surface area contributed by atoms with Crippen LogP contribution in [0.3, 0.4) is 0 Å². The molecule has 6 nitrogen and oxygen atoms in total. The highest BCUT2D eigenvalue weighted by atomic mass is 35.5. The lowest BCUT2D eigenvalue weighted by Crippen LogP contribution is -2.31. The molecule has 1 atom stereocenters. The van der Waals surface area contributed by atoms with Crippen molar-refractivity contribution in [2.24, 2.45) is 0 Å². The van der Waals surface area contributed by atoms with Crippen LogP contribution in [0.2, 0.25) is 5.02 Å². The van der Waals surface area contributed by atoms with Crippen LogP contribution in [0.15, 0.2) is 55.0 Å². The van der Waals surface area contributed by atoms with Crippen molar-refractivity contribution in [2.45, 2.75) is 25.5 Å². The molecule has 8 heteroatoms. The molecule has 0 spiro atoms. The lowest BCUT2D eigenvalue weighted by Gasteiger charge is -2.24. The molecule has 1 aliphatic rings. The Morgan fingerprint density at radius 1 is 1.24 bits per heavy atom. The van der Waals surface area contributed by atoms with E-state index < -0.39 is 0 Å². The summed E-state index contributed by atoms with van der Waals surface area (Å²) in [5.41, 5.74) is 3.07. The van der Waals surface area contributed by atoms with E-state index in [-0.39, 0.29) is 6.10 Å². The van der Waals surface area contributed by atoms with Crippen LogP contribution in [0.5, 0.6) is 0 Å². The largest absolute Gasteiger partial charge is 0.376 e.